The Morgan fingerprint density at radius 3 is 2.74 bits per heavy atom. The maximum absolute atomic E-state index is 13.8. The summed E-state index contributed by atoms with van der Waals surface area (Å²) in [5, 5.41) is 9.01. The molecule has 124 valence electrons. The number of carboxylic acid groups (broad SMARTS) is 1. The van der Waals surface area contributed by atoms with Crippen molar-refractivity contribution in [2.45, 2.75) is 25.9 Å². The molecule has 1 unspecified atom stereocenters. The van der Waals surface area contributed by atoms with Gasteiger partial charge >= 0.3 is 5.97 Å². The van der Waals surface area contributed by atoms with Crippen LogP contribution in [0.15, 0.2) is 18.2 Å². The van der Waals surface area contributed by atoms with Crippen LogP contribution in [0.3, 0.4) is 0 Å². The minimum Gasteiger partial charge on any atom is -0.481 e. The van der Waals surface area contributed by atoms with Crippen molar-refractivity contribution >= 4 is 11.9 Å². The average Bonchev–Trinajstić information content (AvgIpc) is 3.21. The molecule has 1 aliphatic heterocycles. The Kier molecular flexibility index (Phi) is 4.61. The summed E-state index contributed by atoms with van der Waals surface area (Å²) in [6.07, 6.45) is 2.79. The Labute approximate surface area is 134 Å². The average molecular weight is 321 g/mol. The summed E-state index contributed by atoms with van der Waals surface area (Å²) in [5.74, 6) is -1.44. The molecule has 1 heterocycles. The van der Waals surface area contributed by atoms with E-state index in [4.69, 9.17) is 9.84 Å². The molecule has 1 saturated carbocycles. The molecule has 3 rings (SSSR count). The maximum Gasteiger partial charge on any atom is 0.308 e. The molecular weight excluding hydrogens is 301 g/mol. The van der Waals surface area contributed by atoms with Gasteiger partial charge in [0.15, 0.2) is 0 Å². The number of aliphatic carboxylic acids is 1. The van der Waals surface area contributed by atoms with Crippen LogP contribution in [-0.4, -0.2) is 41.6 Å². The number of benzene rings is 1. The van der Waals surface area contributed by atoms with E-state index in [-0.39, 0.29) is 24.9 Å². The number of amides is 1. The molecule has 1 aromatic carbocycles. The van der Waals surface area contributed by atoms with Gasteiger partial charge in [-0.15, -0.1) is 0 Å². The van der Waals surface area contributed by atoms with Crippen LogP contribution in [-0.2, 0) is 16.1 Å². The molecule has 1 aliphatic carbocycles. The van der Waals surface area contributed by atoms with Crippen molar-refractivity contribution in [2.75, 3.05) is 19.7 Å². The third kappa shape index (κ3) is 3.88. The van der Waals surface area contributed by atoms with Crippen LogP contribution in [0.2, 0.25) is 0 Å². The van der Waals surface area contributed by atoms with E-state index < -0.39 is 11.9 Å². The fraction of sp³-hybridized carbons (Fsp3) is 0.529. The van der Waals surface area contributed by atoms with E-state index in [9.17, 15) is 14.0 Å². The molecule has 1 atom stereocenters. The van der Waals surface area contributed by atoms with E-state index >= 15 is 0 Å². The highest BCUT2D eigenvalue weighted by atomic mass is 19.1. The Hall–Kier alpha value is -1.95. The van der Waals surface area contributed by atoms with Gasteiger partial charge in [-0.3, -0.25) is 9.59 Å². The molecule has 1 N–H and O–H groups in total. The highest BCUT2D eigenvalue weighted by Gasteiger charge is 2.31. The SMILES string of the molecule is O=C(O)C1CCN(C(=O)c2ccc(F)c(COCC3CC3)c2)C1. The second-order valence-corrected chi connectivity index (χ2v) is 6.34. The van der Waals surface area contributed by atoms with Crippen molar-refractivity contribution in [1.29, 1.82) is 0 Å². The van der Waals surface area contributed by atoms with Crippen molar-refractivity contribution in [2.24, 2.45) is 11.8 Å². The minimum absolute atomic E-state index is 0.154. The minimum atomic E-state index is -0.881. The summed E-state index contributed by atoms with van der Waals surface area (Å²) in [4.78, 5) is 24.9. The van der Waals surface area contributed by atoms with E-state index in [0.717, 1.165) is 0 Å². The zero-order valence-electron chi connectivity index (χ0n) is 12.8. The van der Waals surface area contributed by atoms with Gasteiger partial charge in [-0.25, -0.2) is 4.39 Å². The first-order chi connectivity index (χ1) is 11.0. The van der Waals surface area contributed by atoms with Crippen LogP contribution in [0.4, 0.5) is 4.39 Å². The second-order valence-electron chi connectivity index (χ2n) is 6.34. The lowest BCUT2D eigenvalue weighted by Crippen LogP contribution is -2.30. The van der Waals surface area contributed by atoms with E-state index in [2.05, 4.69) is 0 Å². The van der Waals surface area contributed by atoms with Gasteiger partial charge < -0.3 is 14.7 Å². The molecule has 1 amide bonds. The van der Waals surface area contributed by atoms with Gasteiger partial charge in [0.2, 0.25) is 0 Å². The summed E-state index contributed by atoms with van der Waals surface area (Å²) in [6.45, 7) is 1.41. The number of carbonyl (C=O) groups is 2. The molecule has 6 heteroatoms. The van der Waals surface area contributed by atoms with Crippen LogP contribution in [0.5, 0.6) is 0 Å². The number of halogens is 1. The van der Waals surface area contributed by atoms with Crippen molar-refractivity contribution in [3.63, 3.8) is 0 Å². The maximum atomic E-state index is 13.8. The van der Waals surface area contributed by atoms with E-state index in [1.54, 1.807) is 0 Å². The number of ether oxygens (including phenoxy) is 1. The number of likely N-dealkylation sites (tertiary alicyclic amines) is 1. The van der Waals surface area contributed by atoms with E-state index in [1.165, 1.54) is 35.9 Å². The first-order valence-corrected chi connectivity index (χ1v) is 7.93. The molecular formula is C17H20FNO4. The van der Waals surface area contributed by atoms with Gasteiger partial charge in [0.1, 0.15) is 5.82 Å². The van der Waals surface area contributed by atoms with Crippen molar-refractivity contribution in [1.82, 2.24) is 4.90 Å². The summed E-state index contributed by atoms with van der Waals surface area (Å²) in [6, 6.07) is 4.22. The van der Waals surface area contributed by atoms with Gasteiger partial charge in [0.25, 0.3) is 5.91 Å². The fourth-order valence-electron chi connectivity index (χ4n) is 2.77. The van der Waals surface area contributed by atoms with E-state index in [1.807, 2.05) is 0 Å². The van der Waals surface area contributed by atoms with Crippen LogP contribution in [0, 0.1) is 17.7 Å². The quantitative estimate of drug-likeness (QED) is 0.873. The van der Waals surface area contributed by atoms with Crippen LogP contribution in [0.1, 0.15) is 35.2 Å². The molecule has 1 saturated heterocycles. The zero-order chi connectivity index (χ0) is 16.4. The first kappa shape index (κ1) is 15.9. The third-order valence-corrected chi connectivity index (χ3v) is 4.43. The largest absolute Gasteiger partial charge is 0.481 e. The Morgan fingerprint density at radius 2 is 2.09 bits per heavy atom. The molecule has 2 fully saturated rings. The highest BCUT2D eigenvalue weighted by Crippen LogP contribution is 2.29. The molecule has 0 bridgehead atoms. The predicted octanol–water partition coefficient (Wildman–Crippen LogP) is 2.30. The smallest absolute Gasteiger partial charge is 0.308 e. The van der Waals surface area contributed by atoms with Gasteiger partial charge in [0, 0.05) is 30.8 Å². The standard InChI is InChI=1S/C17H20FNO4/c18-15-4-3-12(7-14(15)10-23-9-11-1-2-11)16(20)19-6-5-13(8-19)17(21)22/h3-4,7,11,13H,1-2,5-6,8-10H2,(H,21,22). The molecule has 2 aliphatic rings. The lowest BCUT2D eigenvalue weighted by molar-refractivity contribution is -0.141. The lowest BCUT2D eigenvalue weighted by atomic mass is 10.1. The fourth-order valence-corrected chi connectivity index (χ4v) is 2.77. The van der Waals surface area contributed by atoms with Crippen LogP contribution in [0.25, 0.3) is 0 Å². The Balaban J connectivity index is 1.64. The lowest BCUT2D eigenvalue weighted by Gasteiger charge is -2.16. The number of carbonyl (C=O) groups excluding carboxylic acids is 1. The normalized spacial score (nSPS) is 20.7. The number of hydrogen-bond acceptors (Lipinski definition) is 3. The third-order valence-electron chi connectivity index (χ3n) is 4.43. The molecule has 23 heavy (non-hydrogen) atoms. The Bertz CT molecular complexity index is 615. The van der Waals surface area contributed by atoms with Crippen molar-refractivity contribution < 1.29 is 23.8 Å². The number of rotatable bonds is 6. The topological polar surface area (TPSA) is 66.8 Å². The monoisotopic (exact) mass is 321 g/mol. The Morgan fingerprint density at radius 1 is 1.30 bits per heavy atom. The number of nitrogens with zero attached hydrogens (tertiary/aromatic N) is 1. The molecule has 1 aromatic rings. The number of carboxylic acids is 1. The summed E-state index contributed by atoms with van der Waals surface area (Å²) >= 11 is 0. The van der Waals surface area contributed by atoms with Crippen molar-refractivity contribution in [3.05, 3.63) is 35.1 Å². The summed E-state index contributed by atoms with van der Waals surface area (Å²) < 4.78 is 19.3. The zero-order valence-corrected chi connectivity index (χ0v) is 12.8. The van der Waals surface area contributed by atoms with Crippen LogP contribution >= 0.6 is 0 Å². The van der Waals surface area contributed by atoms with Crippen molar-refractivity contribution in [3.8, 4) is 0 Å². The van der Waals surface area contributed by atoms with E-state index in [0.29, 0.717) is 36.6 Å². The van der Waals surface area contributed by atoms with Gasteiger partial charge in [-0.05, 0) is 43.4 Å². The highest BCUT2D eigenvalue weighted by molar-refractivity contribution is 5.95. The van der Waals surface area contributed by atoms with Gasteiger partial charge in [-0.2, -0.15) is 0 Å². The summed E-state index contributed by atoms with van der Waals surface area (Å²) in [5.41, 5.74) is 0.743. The second kappa shape index (κ2) is 6.66. The predicted molar refractivity (Wildman–Crippen MR) is 80.4 cm³/mol. The number of hydrogen-bond donors (Lipinski definition) is 1. The molecule has 5 nitrogen and oxygen atoms in total. The van der Waals surface area contributed by atoms with Crippen LogP contribution < -0.4 is 0 Å². The first-order valence-electron chi connectivity index (χ1n) is 7.93. The van der Waals surface area contributed by atoms with Gasteiger partial charge in [-0.1, -0.05) is 0 Å². The molecule has 0 aromatic heterocycles. The summed E-state index contributed by atoms with van der Waals surface area (Å²) in [7, 11) is 0. The molecule has 0 radical (unpaired) electrons. The molecule has 0 spiro atoms. The van der Waals surface area contributed by atoms with Gasteiger partial charge in [0.05, 0.1) is 12.5 Å².